The van der Waals surface area contributed by atoms with Crippen LogP contribution in [0.4, 0.5) is 13.9 Å². The van der Waals surface area contributed by atoms with Crippen LogP contribution in [0.25, 0.3) is 10.2 Å². The molecule has 26 heavy (non-hydrogen) atoms. The Kier molecular flexibility index (Phi) is 6.16. The number of halogens is 2. The number of hydrogen-bond donors (Lipinski definition) is 1. The van der Waals surface area contributed by atoms with Crippen LogP contribution in [0.1, 0.15) is 25.7 Å². The van der Waals surface area contributed by atoms with Gasteiger partial charge in [-0.25, -0.2) is 13.8 Å². The van der Waals surface area contributed by atoms with Crippen LogP contribution in [0.15, 0.2) is 12.1 Å². The van der Waals surface area contributed by atoms with E-state index in [9.17, 15) is 13.6 Å². The lowest BCUT2D eigenvalue weighted by molar-refractivity contribution is -0.122. The lowest BCUT2D eigenvalue weighted by atomic mass is 10.0. The number of hydrogen-bond acceptors (Lipinski definition) is 5. The number of nitrogens with one attached hydrogen (secondary N) is 1. The van der Waals surface area contributed by atoms with Crippen LogP contribution in [0, 0.1) is 11.6 Å². The van der Waals surface area contributed by atoms with Gasteiger partial charge in [-0.15, -0.1) is 0 Å². The summed E-state index contributed by atoms with van der Waals surface area (Å²) in [5.41, 5.74) is 0.0955. The third kappa shape index (κ3) is 4.55. The first-order valence-corrected chi connectivity index (χ1v) is 9.71. The second-order valence-electron chi connectivity index (χ2n) is 6.95. The topological polar surface area (TPSA) is 48.5 Å². The van der Waals surface area contributed by atoms with Crippen LogP contribution in [0.5, 0.6) is 0 Å². The summed E-state index contributed by atoms with van der Waals surface area (Å²) in [6.45, 7) is 2.76. The SMILES string of the molecule is CN(C)CCCN1CCCCC1C(=O)Nc1nc2c(F)cc(F)cc2s1. The van der Waals surface area contributed by atoms with Crippen molar-refractivity contribution in [2.24, 2.45) is 0 Å². The van der Waals surface area contributed by atoms with Crippen molar-refractivity contribution in [1.29, 1.82) is 0 Å². The van der Waals surface area contributed by atoms with E-state index in [1.807, 2.05) is 14.1 Å². The fraction of sp³-hybridized carbons (Fsp3) is 0.556. The van der Waals surface area contributed by atoms with E-state index in [0.717, 1.165) is 62.7 Å². The molecule has 1 atom stereocenters. The van der Waals surface area contributed by atoms with E-state index >= 15 is 0 Å². The molecule has 2 aromatic rings. The molecule has 0 bridgehead atoms. The van der Waals surface area contributed by atoms with Crippen LogP contribution in [-0.4, -0.2) is 60.5 Å². The quantitative estimate of drug-likeness (QED) is 0.833. The van der Waals surface area contributed by atoms with Gasteiger partial charge in [-0.05, 0) is 52.5 Å². The zero-order valence-electron chi connectivity index (χ0n) is 15.1. The van der Waals surface area contributed by atoms with Gasteiger partial charge in [-0.1, -0.05) is 17.8 Å². The molecule has 1 aromatic carbocycles. The van der Waals surface area contributed by atoms with Crippen LogP contribution in [0.2, 0.25) is 0 Å². The minimum atomic E-state index is -0.709. The largest absolute Gasteiger partial charge is 0.309 e. The Balaban J connectivity index is 1.68. The number of anilines is 1. The van der Waals surface area contributed by atoms with Crippen molar-refractivity contribution >= 4 is 32.6 Å². The summed E-state index contributed by atoms with van der Waals surface area (Å²) in [5, 5.41) is 3.12. The molecule has 1 aliphatic heterocycles. The number of carbonyl (C=O) groups excluding carboxylic acids is 1. The van der Waals surface area contributed by atoms with Crippen molar-refractivity contribution in [3.8, 4) is 0 Å². The molecule has 142 valence electrons. The van der Waals surface area contributed by atoms with Gasteiger partial charge in [-0.3, -0.25) is 9.69 Å². The highest BCUT2D eigenvalue weighted by Gasteiger charge is 2.29. The van der Waals surface area contributed by atoms with E-state index < -0.39 is 11.6 Å². The third-order valence-corrected chi connectivity index (χ3v) is 5.53. The summed E-state index contributed by atoms with van der Waals surface area (Å²) < 4.78 is 27.5. The molecule has 1 N–H and O–H groups in total. The van der Waals surface area contributed by atoms with E-state index in [0.29, 0.717) is 9.83 Å². The normalized spacial score (nSPS) is 18.6. The highest BCUT2D eigenvalue weighted by atomic mass is 32.1. The highest BCUT2D eigenvalue weighted by molar-refractivity contribution is 7.22. The molecule has 3 rings (SSSR count). The van der Waals surface area contributed by atoms with Gasteiger partial charge in [0.15, 0.2) is 10.9 Å². The van der Waals surface area contributed by atoms with Crippen molar-refractivity contribution in [1.82, 2.24) is 14.8 Å². The highest BCUT2D eigenvalue weighted by Crippen LogP contribution is 2.29. The van der Waals surface area contributed by atoms with Crippen molar-refractivity contribution in [2.75, 3.05) is 39.0 Å². The molecule has 5 nitrogen and oxygen atoms in total. The molecular formula is C18H24F2N4OS. The van der Waals surface area contributed by atoms with Crippen LogP contribution in [0.3, 0.4) is 0 Å². The first-order valence-electron chi connectivity index (χ1n) is 8.89. The standard InChI is InChI=1S/C18H24F2N4OS/c1-23(2)7-5-9-24-8-4-3-6-14(24)17(25)22-18-21-16-13(20)10-12(19)11-15(16)26-18/h10-11,14H,3-9H2,1-2H3,(H,21,22,25). The Morgan fingerprint density at radius 2 is 2.19 bits per heavy atom. The maximum Gasteiger partial charge on any atom is 0.243 e. The van der Waals surface area contributed by atoms with Gasteiger partial charge in [0.1, 0.15) is 11.3 Å². The first kappa shape index (κ1) is 19.1. The minimum absolute atomic E-state index is 0.0955. The average Bonchev–Trinajstić information content (AvgIpc) is 2.97. The van der Waals surface area contributed by atoms with Gasteiger partial charge in [0.2, 0.25) is 5.91 Å². The average molecular weight is 382 g/mol. The number of amides is 1. The lowest BCUT2D eigenvalue weighted by Crippen LogP contribution is -2.47. The molecule has 0 aliphatic carbocycles. The molecule has 1 amide bonds. The number of nitrogens with zero attached hydrogens (tertiary/aromatic N) is 3. The van der Waals surface area contributed by atoms with Crippen LogP contribution >= 0.6 is 11.3 Å². The smallest absolute Gasteiger partial charge is 0.243 e. The molecule has 0 spiro atoms. The predicted octanol–water partition coefficient (Wildman–Crippen LogP) is 3.32. The number of rotatable bonds is 6. The molecule has 8 heteroatoms. The van der Waals surface area contributed by atoms with Gasteiger partial charge in [0.05, 0.1) is 10.7 Å². The Morgan fingerprint density at radius 3 is 2.96 bits per heavy atom. The number of carbonyl (C=O) groups is 1. The number of benzene rings is 1. The second kappa shape index (κ2) is 8.37. The Morgan fingerprint density at radius 1 is 1.38 bits per heavy atom. The van der Waals surface area contributed by atoms with Gasteiger partial charge < -0.3 is 10.2 Å². The molecule has 1 saturated heterocycles. The molecule has 1 aromatic heterocycles. The maximum atomic E-state index is 13.8. The van der Waals surface area contributed by atoms with E-state index in [-0.39, 0.29) is 17.5 Å². The van der Waals surface area contributed by atoms with E-state index in [1.54, 1.807) is 0 Å². The third-order valence-electron chi connectivity index (χ3n) is 4.61. The Bertz CT molecular complexity index is 780. The van der Waals surface area contributed by atoms with Crippen LogP contribution < -0.4 is 5.32 Å². The predicted molar refractivity (Wildman–Crippen MR) is 101 cm³/mol. The summed E-state index contributed by atoms with van der Waals surface area (Å²) in [5.74, 6) is -1.47. The number of thiazole rings is 1. The van der Waals surface area contributed by atoms with E-state index in [4.69, 9.17) is 0 Å². The first-order chi connectivity index (χ1) is 12.4. The molecular weight excluding hydrogens is 358 g/mol. The zero-order valence-corrected chi connectivity index (χ0v) is 15.9. The maximum absolute atomic E-state index is 13.8. The molecule has 0 saturated carbocycles. The fourth-order valence-electron chi connectivity index (χ4n) is 3.34. The second-order valence-corrected chi connectivity index (χ2v) is 7.98. The molecule has 1 aliphatic rings. The molecule has 2 heterocycles. The Labute approximate surface area is 156 Å². The van der Waals surface area contributed by atoms with Gasteiger partial charge >= 0.3 is 0 Å². The number of piperidine rings is 1. The Hall–Kier alpha value is -1.64. The van der Waals surface area contributed by atoms with E-state index in [1.165, 1.54) is 6.07 Å². The monoisotopic (exact) mass is 382 g/mol. The van der Waals surface area contributed by atoms with Gasteiger partial charge in [-0.2, -0.15) is 0 Å². The summed E-state index contributed by atoms with van der Waals surface area (Å²) in [7, 11) is 4.07. The fourth-order valence-corrected chi connectivity index (χ4v) is 4.25. The van der Waals surface area contributed by atoms with Crippen molar-refractivity contribution in [2.45, 2.75) is 31.7 Å². The summed E-state index contributed by atoms with van der Waals surface area (Å²) in [4.78, 5) is 21.2. The molecule has 1 fully saturated rings. The van der Waals surface area contributed by atoms with E-state index in [2.05, 4.69) is 20.1 Å². The zero-order chi connectivity index (χ0) is 18.7. The lowest BCUT2D eigenvalue weighted by Gasteiger charge is -2.34. The number of fused-ring (bicyclic) bond motifs is 1. The minimum Gasteiger partial charge on any atom is -0.309 e. The summed E-state index contributed by atoms with van der Waals surface area (Å²) >= 11 is 1.09. The summed E-state index contributed by atoms with van der Waals surface area (Å²) in [6, 6.07) is 1.85. The van der Waals surface area contributed by atoms with Crippen molar-refractivity contribution in [3.63, 3.8) is 0 Å². The van der Waals surface area contributed by atoms with Crippen LogP contribution in [-0.2, 0) is 4.79 Å². The summed E-state index contributed by atoms with van der Waals surface area (Å²) in [6.07, 6.45) is 3.92. The van der Waals surface area contributed by atoms with Gasteiger partial charge in [0, 0.05) is 12.6 Å². The van der Waals surface area contributed by atoms with Crippen molar-refractivity contribution < 1.29 is 13.6 Å². The van der Waals surface area contributed by atoms with Gasteiger partial charge in [0.25, 0.3) is 0 Å². The molecule has 0 radical (unpaired) electrons. The van der Waals surface area contributed by atoms with Crippen molar-refractivity contribution in [3.05, 3.63) is 23.8 Å². The molecule has 1 unspecified atom stereocenters. The number of likely N-dealkylation sites (tertiary alicyclic amines) is 1. The number of aromatic nitrogens is 1.